The molecule has 0 fully saturated rings. The van der Waals surface area contributed by atoms with Crippen LogP contribution in [0.2, 0.25) is 0 Å². The van der Waals surface area contributed by atoms with Crippen molar-refractivity contribution in [2.75, 3.05) is 13.2 Å². The van der Waals surface area contributed by atoms with E-state index < -0.39 is 0 Å². The molecule has 7 heavy (non-hydrogen) atoms. The van der Waals surface area contributed by atoms with Crippen LogP contribution in [0.1, 0.15) is 6.42 Å². The summed E-state index contributed by atoms with van der Waals surface area (Å²) in [4.78, 5) is 0. The van der Waals surface area contributed by atoms with E-state index in [-0.39, 0.29) is 0 Å². The van der Waals surface area contributed by atoms with Crippen LogP contribution in [-0.2, 0) is 4.74 Å². The zero-order valence-corrected chi connectivity index (χ0v) is 10.3. The molecule has 0 aromatic heterocycles. The molecule has 0 radical (unpaired) electrons. The Morgan fingerprint density at radius 2 is 2.57 bits per heavy atom. The third kappa shape index (κ3) is 1.82. The molecule has 1 rings (SSSR count). The van der Waals surface area contributed by atoms with Crippen molar-refractivity contribution in [1.82, 2.24) is 0 Å². The van der Waals surface area contributed by atoms with Crippen molar-refractivity contribution in [3.63, 3.8) is 0 Å². The van der Waals surface area contributed by atoms with Gasteiger partial charge in [-0.1, -0.05) is 0 Å². The van der Waals surface area contributed by atoms with Gasteiger partial charge in [0.1, 0.15) is 0 Å². The van der Waals surface area contributed by atoms with Gasteiger partial charge in [0.15, 0.2) is 0 Å². The molecule has 0 unspecified atom stereocenters. The van der Waals surface area contributed by atoms with Gasteiger partial charge in [0.05, 0.1) is 0 Å². The fourth-order valence-electron chi connectivity index (χ4n) is 0.620. The summed E-state index contributed by atoms with van der Waals surface area (Å²) >= 11 is 0.766. The van der Waals surface area contributed by atoms with Crippen molar-refractivity contribution < 1.29 is 4.74 Å². The first kappa shape index (κ1) is 5.63. The Hall–Kier alpha value is 0.499. The minimum atomic E-state index is 0.766. The molecule has 1 nitrogen and oxygen atoms in total. The van der Waals surface area contributed by atoms with E-state index in [0.717, 1.165) is 35.7 Å². The van der Waals surface area contributed by atoms with Crippen LogP contribution in [0.5, 0.6) is 0 Å². The Morgan fingerprint density at radius 3 is 2.86 bits per heavy atom. The van der Waals surface area contributed by atoms with Crippen LogP contribution in [0.15, 0.2) is 9.67 Å². The Balaban J connectivity index is 2.40. The number of hydrogen-bond donors (Lipinski definition) is 0. The second kappa shape index (κ2) is 2.72. The normalized spacial score (nSPS) is 22.0. The quantitative estimate of drug-likeness (QED) is 0.491. The van der Waals surface area contributed by atoms with E-state index in [9.17, 15) is 0 Å². The molecule has 0 bridgehead atoms. The molecule has 0 N–H and O–H groups in total. The monoisotopic (exact) mass is 206 g/mol. The summed E-state index contributed by atoms with van der Waals surface area (Å²) in [5.74, 6) is 0. The molecular weight excluding hydrogens is 195 g/mol. The van der Waals surface area contributed by atoms with Crippen molar-refractivity contribution in [3.05, 3.63) is 9.67 Å². The van der Waals surface area contributed by atoms with Crippen LogP contribution in [0, 0.1) is 0 Å². The van der Waals surface area contributed by atoms with Crippen molar-refractivity contribution >= 4 is 22.5 Å². The summed E-state index contributed by atoms with van der Waals surface area (Å²) in [6.07, 6.45) is 3.44. The molecule has 2 heteroatoms. The van der Waals surface area contributed by atoms with Crippen molar-refractivity contribution in [3.8, 4) is 0 Å². The molecule has 0 aromatic carbocycles. The summed E-state index contributed by atoms with van der Waals surface area (Å²) < 4.78 is 6.77. The molecule has 1 heterocycles. The van der Waals surface area contributed by atoms with E-state index in [1.165, 1.54) is 6.42 Å². The second-order valence-electron chi connectivity index (χ2n) is 1.88. The molecule has 0 amide bonds. The van der Waals surface area contributed by atoms with Crippen molar-refractivity contribution in [2.45, 2.75) is 6.42 Å². The van der Waals surface area contributed by atoms with Crippen LogP contribution in [-0.4, -0.2) is 35.7 Å². The van der Waals surface area contributed by atoms with Gasteiger partial charge >= 0.3 is 56.6 Å². The first-order chi connectivity index (χ1) is 3.39. The van der Waals surface area contributed by atoms with Gasteiger partial charge in [-0.15, -0.1) is 0 Å². The van der Waals surface area contributed by atoms with Crippen LogP contribution in [0.25, 0.3) is 0 Å². The number of rotatable bonds is 0. The number of hydrogen-bond acceptors (Lipinski definition) is 1. The van der Waals surface area contributed by atoms with Crippen molar-refractivity contribution in [2.24, 2.45) is 0 Å². The van der Waals surface area contributed by atoms with Gasteiger partial charge in [0.2, 0.25) is 0 Å². The summed E-state index contributed by atoms with van der Waals surface area (Å²) in [5.41, 5.74) is 0. The molecule has 0 spiro atoms. The molecule has 0 aliphatic carbocycles. The molecule has 0 saturated heterocycles. The topological polar surface area (TPSA) is 9.23 Å². The van der Waals surface area contributed by atoms with E-state index in [4.69, 9.17) is 4.74 Å². The van der Waals surface area contributed by atoms with Gasteiger partial charge in [-0.25, -0.2) is 0 Å². The predicted molar refractivity (Wildman–Crippen MR) is 33.5 cm³/mol. The van der Waals surface area contributed by atoms with E-state index in [0.29, 0.717) is 0 Å². The summed E-state index contributed by atoms with van der Waals surface area (Å²) in [6.45, 7) is 1.85. The summed E-state index contributed by atoms with van der Waals surface area (Å²) in [7, 11) is 0. The van der Waals surface area contributed by atoms with Gasteiger partial charge < -0.3 is 0 Å². The first-order valence-corrected chi connectivity index (χ1v) is 5.48. The molecule has 0 aromatic rings. The van der Waals surface area contributed by atoms with E-state index in [1.807, 2.05) is 0 Å². The third-order valence-corrected chi connectivity index (χ3v) is 3.78. The van der Waals surface area contributed by atoms with Crippen LogP contribution in [0.3, 0.4) is 0 Å². The molecule has 40 valence electrons. The Kier molecular flexibility index (Phi) is 2.19. The average molecular weight is 205 g/mol. The van der Waals surface area contributed by atoms with E-state index >= 15 is 0 Å². The minimum absolute atomic E-state index is 0.766. The zero-order chi connectivity index (χ0) is 5.11. The molecule has 0 saturated carbocycles. The standard InChI is InChI=1S/C5H7O.Sn.3H/c1-2-4-6-5-3-1;;;;/h2H,3-5H2;;;;. The molecule has 1 aliphatic rings. The second-order valence-corrected chi connectivity index (χ2v) is 5.54. The third-order valence-electron chi connectivity index (χ3n) is 1.19. The van der Waals surface area contributed by atoms with Gasteiger partial charge in [0, 0.05) is 0 Å². The fourth-order valence-corrected chi connectivity index (χ4v) is 1.68. The summed E-state index contributed by atoms with van der Waals surface area (Å²) in [5, 5.41) is 0. The Morgan fingerprint density at radius 1 is 1.71 bits per heavy atom. The molecule has 0 atom stereocenters. The Labute approximate surface area is 56.8 Å². The SMILES string of the molecule is [SnH3][C]1=CCOCC1. The van der Waals surface area contributed by atoms with Crippen LogP contribution in [0.4, 0.5) is 0 Å². The van der Waals surface area contributed by atoms with E-state index in [2.05, 4.69) is 6.08 Å². The van der Waals surface area contributed by atoms with Gasteiger partial charge in [0.25, 0.3) is 0 Å². The fraction of sp³-hybridized carbons (Fsp3) is 0.600. The Bertz CT molecular complexity index is 88.1. The van der Waals surface area contributed by atoms with Gasteiger partial charge in [-0.3, -0.25) is 0 Å². The maximum atomic E-state index is 5.10. The van der Waals surface area contributed by atoms with Crippen LogP contribution >= 0.6 is 0 Å². The predicted octanol–water partition coefficient (Wildman–Crippen LogP) is -0.344. The number of ether oxygens (including phenoxy) is 1. The van der Waals surface area contributed by atoms with Gasteiger partial charge in [-0.2, -0.15) is 0 Å². The summed E-state index contributed by atoms with van der Waals surface area (Å²) in [6, 6.07) is 0. The molecule has 1 aliphatic heterocycles. The maximum absolute atomic E-state index is 5.10. The average Bonchev–Trinajstić information content (AvgIpc) is 1.69. The van der Waals surface area contributed by atoms with E-state index in [1.54, 1.807) is 3.59 Å². The van der Waals surface area contributed by atoms with Crippen molar-refractivity contribution in [1.29, 1.82) is 0 Å². The first-order valence-electron chi connectivity index (χ1n) is 2.63. The van der Waals surface area contributed by atoms with Gasteiger partial charge in [-0.05, 0) is 0 Å². The molecular formula is C5H10OSn. The zero-order valence-electron chi connectivity index (χ0n) is 4.61. The van der Waals surface area contributed by atoms with Crippen LogP contribution < -0.4 is 0 Å².